The molecule has 0 saturated heterocycles. The fourth-order valence-electron chi connectivity index (χ4n) is 2.20. The van der Waals surface area contributed by atoms with Gasteiger partial charge in [0.05, 0.1) is 21.8 Å². The molecule has 7 nitrogen and oxygen atoms in total. The highest BCUT2D eigenvalue weighted by molar-refractivity contribution is 7.89. The lowest BCUT2D eigenvalue weighted by Gasteiger charge is -2.15. The van der Waals surface area contributed by atoms with Gasteiger partial charge in [0, 0.05) is 16.7 Å². The first-order valence-corrected chi connectivity index (χ1v) is 10.4. The molecule has 138 valence electrons. The third-order valence-corrected chi connectivity index (χ3v) is 6.55. The van der Waals surface area contributed by atoms with Crippen LogP contribution < -0.4 is 4.72 Å². The molecule has 0 radical (unpaired) electrons. The molecule has 0 fully saturated rings. The molecule has 0 heterocycles. The highest BCUT2D eigenvalue weighted by Gasteiger charge is 2.27. The van der Waals surface area contributed by atoms with Gasteiger partial charge in [-0.2, -0.15) is 0 Å². The van der Waals surface area contributed by atoms with Crippen molar-refractivity contribution in [2.75, 3.05) is 5.75 Å². The molecule has 2 atom stereocenters. The van der Waals surface area contributed by atoms with Gasteiger partial charge in [-0.3, -0.25) is 14.3 Å². The minimum Gasteiger partial charge on any atom is -0.258 e. The van der Waals surface area contributed by atoms with E-state index in [2.05, 4.69) is 11.3 Å². The summed E-state index contributed by atoms with van der Waals surface area (Å²) in [5.41, 5.74) is 0.491. The van der Waals surface area contributed by atoms with Crippen molar-refractivity contribution in [3.63, 3.8) is 0 Å². The quantitative estimate of drug-likeness (QED) is 0.421. The Morgan fingerprint density at radius 3 is 2.42 bits per heavy atom. The highest BCUT2D eigenvalue weighted by Crippen LogP contribution is 2.23. The number of benzene rings is 2. The molecule has 0 amide bonds. The van der Waals surface area contributed by atoms with Gasteiger partial charge < -0.3 is 0 Å². The molecule has 0 aliphatic carbocycles. The maximum absolute atomic E-state index is 12.5. The number of hydrogen-bond donors (Lipinski definition) is 1. The monoisotopic (exact) mass is 394 g/mol. The fraction of sp³-hybridized carbons (Fsp3) is 0.176. The second kappa shape index (κ2) is 8.35. The number of para-hydroxylation sites is 1. The minimum absolute atomic E-state index is 0.0353. The van der Waals surface area contributed by atoms with Crippen molar-refractivity contribution < 1.29 is 17.6 Å². The average molecular weight is 394 g/mol. The molecule has 0 aliphatic heterocycles. The van der Waals surface area contributed by atoms with E-state index in [4.69, 9.17) is 0 Å². The predicted molar refractivity (Wildman–Crippen MR) is 99.9 cm³/mol. The van der Waals surface area contributed by atoms with Gasteiger partial charge in [-0.05, 0) is 25.1 Å². The van der Waals surface area contributed by atoms with E-state index in [1.807, 2.05) is 19.1 Å². The molecule has 0 aliphatic rings. The second-order valence-electron chi connectivity index (χ2n) is 5.51. The van der Waals surface area contributed by atoms with Gasteiger partial charge in [0.25, 0.3) is 5.69 Å². The van der Waals surface area contributed by atoms with E-state index in [0.29, 0.717) is 4.90 Å². The SMILES string of the molecule is C=C[C@H](C[S@@](=O)c1ccc(C)cc1)NS(=O)(=O)c1ccccc1[N+](=O)[O-]. The van der Waals surface area contributed by atoms with Crippen molar-refractivity contribution in [3.05, 3.63) is 76.9 Å². The zero-order chi connectivity index (χ0) is 19.3. The zero-order valence-electron chi connectivity index (χ0n) is 14.0. The van der Waals surface area contributed by atoms with E-state index in [0.717, 1.165) is 17.7 Å². The summed E-state index contributed by atoms with van der Waals surface area (Å²) in [6, 6.07) is 11.2. The molecule has 2 aromatic carbocycles. The number of nitrogens with zero attached hydrogens (tertiary/aromatic N) is 1. The number of nitro groups is 1. The van der Waals surface area contributed by atoms with Gasteiger partial charge in [0.1, 0.15) is 0 Å². The van der Waals surface area contributed by atoms with Gasteiger partial charge in [-0.1, -0.05) is 35.9 Å². The number of nitro benzene ring substituents is 1. The maximum Gasteiger partial charge on any atom is 0.289 e. The van der Waals surface area contributed by atoms with Crippen LogP contribution in [-0.2, 0) is 20.8 Å². The highest BCUT2D eigenvalue weighted by atomic mass is 32.2. The summed E-state index contributed by atoms with van der Waals surface area (Å²) in [4.78, 5) is 10.4. The van der Waals surface area contributed by atoms with Crippen molar-refractivity contribution in [3.8, 4) is 0 Å². The molecule has 0 aromatic heterocycles. The minimum atomic E-state index is -4.18. The van der Waals surface area contributed by atoms with Crippen molar-refractivity contribution >= 4 is 26.5 Å². The normalized spacial score (nSPS) is 13.7. The van der Waals surface area contributed by atoms with Gasteiger partial charge in [-0.15, -0.1) is 6.58 Å². The van der Waals surface area contributed by atoms with Crippen molar-refractivity contribution in [2.24, 2.45) is 0 Å². The van der Waals surface area contributed by atoms with Crippen LogP contribution in [0.15, 0.2) is 71.0 Å². The van der Waals surface area contributed by atoms with E-state index in [-0.39, 0.29) is 5.75 Å². The molecule has 1 N–H and O–H groups in total. The lowest BCUT2D eigenvalue weighted by atomic mass is 10.2. The molecular formula is C17H18N2O5S2. The Kier molecular flexibility index (Phi) is 6.41. The Morgan fingerprint density at radius 2 is 1.85 bits per heavy atom. The number of sulfonamides is 1. The molecular weight excluding hydrogens is 376 g/mol. The third kappa shape index (κ3) is 4.84. The van der Waals surface area contributed by atoms with Crippen LogP contribution in [0.1, 0.15) is 5.56 Å². The standard InChI is InChI=1S/C17H18N2O5S2/c1-3-14(12-25(22)15-10-8-13(2)9-11-15)18-26(23,24)17-7-5-4-6-16(17)19(20)21/h3-11,14,18H,1,12H2,2H3/t14-,25-/m1/s1. The summed E-state index contributed by atoms with van der Waals surface area (Å²) in [5.74, 6) is -0.0353. The van der Waals surface area contributed by atoms with Crippen LogP contribution in [0.25, 0.3) is 0 Å². The summed E-state index contributed by atoms with van der Waals surface area (Å²) in [5, 5.41) is 11.1. The van der Waals surface area contributed by atoms with Gasteiger partial charge >= 0.3 is 0 Å². The van der Waals surface area contributed by atoms with Crippen molar-refractivity contribution in [2.45, 2.75) is 22.8 Å². The lowest BCUT2D eigenvalue weighted by Crippen LogP contribution is -2.37. The van der Waals surface area contributed by atoms with Crippen molar-refractivity contribution in [1.82, 2.24) is 4.72 Å². The van der Waals surface area contributed by atoms with Crippen LogP contribution in [0.2, 0.25) is 0 Å². The molecule has 26 heavy (non-hydrogen) atoms. The van der Waals surface area contributed by atoms with Gasteiger partial charge in [0.15, 0.2) is 4.90 Å². The number of aryl methyl sites for hydroxylation is 1. The van der Waals surface area contributed by atoms with Crippen LogP contribution in [-0.4, -0.2) is 29.3 Å². The van der Waals surface area contributed by atoms with E-state index in [9.17, 15) is 22.7 Å². The van der Waals surface area contributed by atoms with Crippen LogP contribution in [0.5, 0.6) is 0 Å². The lowest BCUT2D eigenvalue weighted by molar-refractivity contribution is -0.387. The predicted octanol–water partition coefficient (Wildman–Crippen LogP) is 2.54. The summed E-state index contributed by atoms with van der Waals surface area (Å²) in [6.07, 6.45) is 1.32. The first kappa shape index (κ1) is 20.0. The fourth-order valence-corrected chi connectivity index (χ4v) is 4.86. The number of nitrogens with one attached hydrogen (secondary N) is 1. The van der Waals surface area contributed by atoms with Crippen LogP contribution in [0.4, 0.5) is 5.69 Å². The topological polar surface area (TPSA) is 106 Å². The summed E-state index contributed by atoms with van der Waals surface area (Å²) < 4.78 is 39.8. The van der Waals surface area contributed by atoms with Crippen LogP contribution in [0.3, 0.4) is 0 Å². The third-order valence-electron chi connectivity index (χ3n) is 3.56. The Hall–Kier alpha value is -2.36. The summed E-state index contributed by atoms with van der Waals surface area (Å²) in [6.45, 7) is 5.46. The Bertz CT molecular complexity index is 940. The smallest absolute Gasteiger partial charge is 0.258 e. The zero-order valence-corrected chi connectivity index (χ0v) is 15.6. The van der Waals surface area contributed by atoms with Gasteiger partial charge in [-0.25, -0.2) is 13.1 Å². The van der Waals surface area contributed by atoms with Gasteiger partial charge in [0.2, 0.25) is 10.0 Å². The van der Waals surface area contributed by atoms with E-state index in [1.54, 1.807) is 12.1 Å². The largest absolute Gasteiger partial charge is 0.289 e. The Labute approximate surface area is 154 Å². The Morgan fingerprint density at radius 1 is 1.23 bits per heavy atom. The van der Waals surface area contributed by atoms with E-state index >= 15 is 0 Å². The van der Waals surface area contributed by atoms with Crippen LogP contribution in [0, 0.1) is 17.0 Å². The second-order valence-corrected chi connectivity index (χ2v) is 8.69. The summed E-state index contributed by atoms with van der Waals surface area (Å²) >= 11 is 0. The van der Waals surface area contributed by atoms with Crippen LogP contribution >= 0.6 is 0 Å². The number of hydrogen-bond acceptors (Lipinski definition) is 5. The van der Waals surface area contributed by atoms with E-state index in [1.165, 1.54) is 18.2 Å². The molecule has 2 aromatic rings. The first-order chi connectivity index (χ1) is 12.2. The molecule has 0 spiro atoms. The maximum atomic E-state index is 12.5. The molecule has 2 rings (SSSR count). The Balaban J connectivity index is 2.21. The first-order valence-electron chi connectivity index (χ1n) is 7.58. The van der Waals surface area contributed by atoms with Crippen molar-refractivity contribution in [1.29, 1.82) is 0 Å². The molecule has 0 saturated carbocycles. The molecule has 0 unspecified atom stereocenters. The number of rotatable bonds is 8. The van der Waals surface area contributed by atoms with E-state index < -0.39 is 42.4 Å². The molecule has 9 heteroatoms. The average Bonchev–Trinajstić information content (AvgIpc) is 2.61. The molecule has 0 bridgehead atoms. The summed E-state index contributed by atoms with van der Waals surface area (Å²) in [7, 11) is -5.64.